The summed E-state index contributed by atoms with van der Waals surface area (Å²) in [5.41, 5.74) is 1.28. The zero-order chi connectivity index (χ0) is 13.5. The van der Waals surface area contributed by atoms with Crippen LogP contribution in [0.15, 0.2) is 0 Å². The monoisotopic (exact) mass is 283 g/mol. The summed E-state index contributed by atoms with van der Waals surface area (Å²) in [6.07, 6.45) is 6.20. The first kappa shape index (κ1) is 14.3. The summed E-state index contributed by atoms with van der Waals surface area (Å²) in [5.74, 6) is 0. The molecule has 0 fully saturated rings. The highest BCUT2D eigenvalue weighted by molar-refractivity contribution is 7.11. The van der Waals surface area contributed by atoms with Gasteiger partial charge in [-0.3, -0.25) is 0 Å². The van der Waals surface area contributed by atoms with Gasteiger partial charge in [0.15, 0.2) is 0 Å². The summed E-state index contributed by atoms with van der Waals surface area (Å²) in [7, 11) is 0. The second-order valence-corrected chi connectivity index (χ2v) is 5.86. The highest BCUT2D eigenvalue weighted by Gasteiger charge is 2.14. The number of carbonyl (C=O) groups is 1. The number of aliphatic hydroxyl groups is 1. The minimum absolute atomic E-state index is 0.102. The third kappa shape index (κ3) is 4.47. The van der Waals surface area contributed by atoms with Gasteiger partial charge in [0.05, 0.1) is 10.7 Å². The van der Waals surface area contributed by atoms with Crippen LogP contribution in [-0.4, -0.2) is 35.8 Å². The van der Waals surface area contributed by atoms with E-state index in [1.807, 2.05) is 0 Å². The fraction of sp³-hybridized carbons (Fsp3) is 0.692. The van der Waals surface area contributed by atoms with Gasteiger partial charge >= 0.3 is 6.03 Å². The molecule has 106 valence electrons. The van der Waals surface area contributed by atoms with Crippen LogP contribution in [0.3, 0.4) is 0 Å². The fourth-order valence-electron chi connectivity index (χ4n) is 2.14. The summed E-state index contributed by atoms with van der Waals surface area (Å²) in [5, 5.41) is 15.2. The van der Waals surface area contributed by atoms with Gasteiger partial charge in [-0.15, -0.1) is 11.3 Å². The van der Waals surface area contributed by atoms with Crippen molar-refractivity contribution in [2.24, 2.45) is 0 Å². The number of rotatable bonds is 6. The molecule has 1 aliphatic carbocycles. The lowest BCUT2D eigenvalue weighted by Gasteiger charge is -2.06. The summed E-state index contributed by atoms with van der Waals surface area (Å²) in [6.45, 7) is 1.22. The van der Waals surface area contributed by atoms with Crippen LogP contribution in [0.5, 0.6) is 0 Å². The van der Waals surface area contributed by atoms with E-state index >= 15 is 0 Å². The number of hydrogen-bond acceptors (Lipinski definition) is 4. The van der Waals surface area contributed by atoms with Crippen LogP contribution in [-0.2, 0) is 19.3 Å². The number of hydrogen-bond donors (Lipinski definition) is 3. The summed E-state index contributed by atoms with van der Waals surface area (Å²) < 4.78 is 0. The molecular weight excluding hydrogens is 262 g/mol. The normalized spacial score (nSPS) is 13.9. The number of nitrogens with zero attached hydrogens (tertiary/aromatic N) is 1. The molecule has 0 aromatic carbocycles. The maximum absolute atomic E-state index is 11.4. The van der Waals surface area contributed by atoms with Gasteiger partial charge in [-0.1, -0.05) is 0 Å². The van der Waals surface area contributed by atoms with Crippen LogP contribution in [0, 0.1) is 0 Å². The molecule has 1 aromatic rings. The van der Waals surface area contributed by atoms with Crippen molar-refractivity contribution in [1.29, 1.82) is 0 Å². The molecule has 0 saturated carbocycles. The van der Waals surface area contributed by atoms with Gasteiger partial charge in [0.25, 0.3) is 0 Å². The van der Waals surface area contributed by atoms with E-state index in [0.717, 1.165) is 17.8 Å². The smallest absolute Gasteiger partial charge is 0.314 e. The first-order valence-electron chi connectivity index (χ1n) is 6.89. The van der Waals surface area contributed by atoms with Crippen molar-refractivity contribution in [3.05, 3.63) is 15.6 Å². The first-order chi connectivity index (χ1) is 9.29. The van der Waals surface area contributed by atoms with Gasteiger partial charge in [-0.25, -0.2) is 9.78 Å². The maximum Gasteiger partial charge on any atom is 0.314 e. The Kier molecular flexibility index (Phi) is 5.60. The lowest BCUT2D eigenvalue weighted by molar-refractivity contribution is 0.238. The summed E-state index contributed by atoms with van der Waals surface area (Å²) >= 11 is 1.79. The molecule has 3 N–H and O–H groups in total. The van der Waals surface area contributed by atoms with Gasteiger partial charge in [0.1, 0.15) is 0 Å². The molecule has 0 bridgehead atoms. The Morgan fingerprint density at radius 1 is 1.26 bits per heavy atom. The Hall–Kier alpha value is -1.14. The predicted octanol–water partition coefficient (Wildman–Crippen LogP) is 1.25. The predicted molar refractivity (Wildman–Crippen MR) is 75.6 cm³/mol. The molecule has 19 heavy (non-hydrogen) atoms. The average molecular weight is 283 g/mol. The maximum atomic E-state index is 11.4. The molecule has 1 aromatic heterocycles. The molecule has 0 aliphatic heterocycles. The largest absolute Gasteiger partial charge is 0.396 e. The lowest BCUT2D eigenvalue weighted by Crippen LogP contribution is -2.37. The molecule has 0 spiro atoms. The summed E-state index contributed by atoms with van der Waals surface area (Å²) in [6, 6.07) is -0.172. The Morgan fingerprint density at radius 2 is 2.05 bits per heavy atom. The zero-order valence-electron chi connectivity index (χ0n) is 11.1. The van der Waals surface area contributed by atoms with E-state index < -0.39 is 0 Å². The minimum atomic E-state index is -0.172. The van der Waals surface area contributed by atoms with Crippen LogP contribution < -0.4 is 10.6 Å². The molecule has 6 heteroatoms. The van der Waals surface area contributed by atoms with Gasteiger partial charge in [0.2, 0.25) is 0 Å². The number of aliphatic hydroxyl groups excluding tert-OH is 1. The van der Waals surface area contributed by atoms with Crippen LogP contribution in [0.2, 0.25) is 0 Å². The van der Waals surface area contributed by atoms with Crippen molar-refractivity contribution >= 4 is 17.4 Å². The standard InChI is InChI=1S/C13H21N3O2S/c17-9-3-7-14-13(18)15-8-6-12-16-10-4-1-2-5-11(10)19-12/h17H,1-9H2,(H2,14,15,18). The van der Waals surface area contributed by atoms with Crippen molar-refractivity contribution in [1.82, 2.24) is 15.6 Å². The van der Waals surface area contributed by atoms with E-state index in [0.29, 0.717) is 19.5 Å². The number of carbonyl (C=O) groups excluding carboxylic acids is 1. The van der Waals surface area contributed by atoms with Crippen LogP contribution >= 0.6 is 11.3 Å². The number of urea groups is 1. The van der Waals surface area contributed by atoms with Gasteiger partial charge in [0, 0.05) is 31.0 Å². The SMILES string of the molecule is O=C(NCCCO)NCCc1nc2c(s1)CCCC2. The number of amides is 2. The first-order valence-corrected chi connectivity index (χ1v) is 7.71. The topological polar surface area (TPSA) is 74.2 Å². The molecule has 0 unspecified atom stereocenters. The van der Waals surface area contributed by atoms with E-state index in [1.165, 1.54) is 29.8 Å². The number of fused-ring (bicyclic) bond motifs is 1. The quantitative estimate of drug-likeness (QED) is 0.688. The molecule has 2 rings (SSSR count). The van der Waals surface area contributed by atoms with Crippen molar-refractivity contribution in [3.63, 3.8) is 0 Å². The number of aromatic nitrogens is 1. The fourth-order valence-corrected chi connectivity index (χ4v) is 3.30. The zero-order valence-corrected chi connectivity index (χ0v) is 11.9. The Labute approximate surface area is 117 Å². The second kappa shape index (κ2) is 7.45. The highest BCUT2D eigenvalue weighted by atomic mass is 32.1. The van der Waals surface area contributed by atoms with Crippen molar-refractivity contribution < 1.29 is 9.90 Å². The molecular formula is C13H21N3O2S. The van der Waals surface area contributed by atoms with Gasteiger partial charge < -0.3 is 15.7 Å². The van der Waals surface area contributed by atoms with Gasteiger partial charge in [-0.2, -0.15) is 0 Å². The molecule has 0 atom stereocenters. The third-order valence-corrected chi connectivity index (χ3v) is 4.35. The van der Waals surface area contributed by atoms with Crippen LogP contribution in [0.25, 0.3) is 0 Å². The third-order valence-electron chi connectivity index (χ3n) is 3.13. The molecule has 5 nitrogen and oxygen atoms in total. The van der Waals surface area contributed by atoms with Crippen molar-refractivity contribution in [2.75, 3.05) is 19.7 Å². The molecule has 0 saturated heterocycles. The second-order valence-electron chi connectivity index (χ2n) is 4.69. The molecule has 1 heterocycles. The van der Waals surface area contributed by atoms with E-state index in [2.05, 4.69) is 15.6 Å². The van der Waals surface area contributed by atoms with Gasteiger partial charge in [-0.05, 0) is 32.1 Å². The highest BCUT2D eigenvalue weighted by Crippen LogP contribution is 2.26. The Morgan fingerprint density at radius 3 is 2.84 bits per heavy atom. The van der Waals surface area contributed by atoms with Crippen molar-refractivity contribution in [3.8, 4) is 0 Å². The number of nitrogens with one attached hydrogen (secondary N) is 2. The Bertz CT molecular complexity index is 397. The average Bonchev–Trinajstić information content (AvgIpc) is 2.81. The minimum Gasteiger partial charge on any atom is -0.396 e. The van der Waals surface area contributed by atoms with Crippen LogP contribution in [0.1, 0.15) is 34.8 Å². The van der Waals surface area contributed by atoms with E-state index in [9.17, 15) is 4.79 Å². The Balaban J connectivity index is 1.68. The number of thiazole rings is 1. The molecule has 0 radical (unpaired) electrons. The lowest BCUT2D eigenvalue weighted by atomic mass is 10.0. The molecule has 1 aliphatic rings. The van der Waals surface area contributed by atoms with Crippen molar-refractivity contribution in [2.45, 2.75) is 38.5 Å². The van der Waals surface area contributed by atoms with E-state index in [-0.39, 0.29) is 12.6 Å². The number of aryl methyl sites for hydroxylation is 2. The van der Waals surface area contributed by atoms with E-state index in [1.54, 1.807) is 11.3 Å². The van der Waals surface area contributed by atoms with E-state index in [4.69, 9.17) is 5.11 Å². The molecule has 2 amide bonds. The summed E-state index contributed by atoms with van der Waals surface area (Å²) in [4.78, 5) is 17.5. The van der Waals surface area contributed by atoms with Crippen LogP contribution in [0.4, 0.5) is 4.79 Å².